The maximum Gasteiger partial charge on any atom is 0.137 e. The molecule has 0 aliphatic carbocycles. The highest BCUT2D eigenvalue weighted by Crippen LogP contribution is 2.23. The van der Waals surface area contributed by atoms with Crippen molar-refractivity contribution in [2.24, 2.45) is 0 Å². The summed E-state index contributed by atoms with van der Waals surface area (Å²) in [6.45, 7) is 5.91. The van der Waals surface area contributed by atoms with Crippen molar-refractivity contribution in [2.45, 2.75) is 33.2 Å². The highest BCUT2D eigenvalue weighted by Gasteiger charge is 2.12. The Hall–Kier alpha value is -1.75. The molecule has 0 atom stereocenters. The molecule has 0 aliphatic rings. The Morgan fingerprint density at radius 2 is 1.95 bits per heavy atom. The monoisotopic (exact) mass is 311 g/mol. The second kappa shape index (κ2) is 6.35. The van der Waals surface area contributed by atoms with Gasteiger partial charge in [-0.2, -0.15) is 0 Å². The van der Waals surface area contributed by atoms with E-state index >= 15 is 0 Å². The minimum absolute atomic E-state index is 0.131. The predicted octanol–water partition coefficient (Wildman–Crippen LogP) is 4.45. The van der Waals surface area contributed by atoms with E-state index in [-0.39, 0.29) is 12.5 Å². The number of nitrogens with zero attached hydrogens (tertiary/aromatic N) is 2. The summed E-state index contributed by atoms with van der Waals surface area (Å²) in [5, 5.41) is 3.40. The van der Waals surface area contributed by atoms with E-state index in [4.69, 9.17) is 11.6 Å². The molecule has 112 valence electrons. The molecule has 0 radical (unpaired) electrons. The Balaban J connectivity index is 2.23. The lowest BCUT2D eigenvalue weighted by Crippen LogP contribution is -2.09. The van der Waals surface area contributed by atoms with Gasteiger partial charge in [-0.3, -0.25) is 0 Å². The van der Waals surface area contributed by atoms with Crippen LogP contribution < -0.4 is 5.32 Å². The standard InChI is InChI=1S/C15H16ClF2N3/c1-8(2)14-20-13(16)9(3)15(21-14)19-7-10-4-5-11(17)6-12(10)18/h4-6,8H,7H2,1-3H3,(H,19,20,21). The molecule has 0 bridgehead atoms. The Kier molecular flexibility index (Phi) is 4.73. The molecular weight excluding hydrogens is 296 g/mol. The molecule has 0 saturated carbocycles. The smallest absolute Gasteiger partial charge is 0.137 e. The lowest BCUT2D eigenvalue weighted by Gasteiger charge is -2.13. The molecular formula is C15H16ClF2N3. The van der Waals surface area contributed by atoms with E-state index in [0.29, 0.717) is 27.9 Å². The van der Waals surface area contributed by atoms with E-state index in [1.165, 1.54) is 12.1 Å². The molecule has 2 aromatic rings. The number of halogens is 3. The van der Waals surface area contributed by atoms with Crippen LogP contribution in [0.2, 0.25) is 5.15 Å². The molecule has 1 N–H and O–H groups in total. The zero-order valence-corrected chi connectivity index (χ0v) is 12.8. The average molecular weight is 312 g/mol. The van der Waals surface area contributed by atoms with Crippen molar-refractivity contribution in [1.82, 2.24) is 9.97 Å². The minimum atomic E-state index is -0.598. The Morgan fingerprint density at radius 3 is 2.57 bits per heavy atom. The highest BCUT2D eigenvalue weighted by molar-refractivity contribution is 6.30. The van der Waals surface area contributed by atoms with Gasteiger partial charge in [0.2, 0.25) is 0 Å². The third-order valence-corrected chi connectivity index (χ3v) is 3.45. The van der Waals surface area contributed by atoms with Crippen LogP contribution in [0.5, 0.6) is 0 Å². The SMILES string of the molecule is Cc1c(Cl)nc(C(C)C)nc1NCc1ccc(F)cc1F. The number of anilines is 1. The molecule has 0 amide bonds. The number of nitrogens with one attached hydrogen (secondary N) is 1. The van der Waals surface area contributed by atoms with Gasteiger partial charge in [-0.05, 0) is 13.0 Å². The van der Waals surface area contributed by atoms with Gasteiger partial charge in [0.15, 0.2) is 0 Å². The fourth-order valence-corrected chi connectivity index (χ4v) is 1.96. The summed E-state index contributed by atoms with van der Waals surface area (Å²) in [5.74, 6) is 0.116. The number of rotatable bonds is 4. The first-order valence-electron chi connectivity index (χ1n) is 6.60. The van der Waals surface area contributed by atoms with E-state index in [1.807, 2.05) is 13.8 Å². The van der Waals surface area contributed by atoms with Crippen molar-refractivity contribution in [3.8, 4) is 0 Å². The van der Waals surface area contributed by atoms with Gasteiger partial charge in [0.25, 0.3) is 0 Å². The third-order valence-electron chi connectivity index (χ3n) is 3.08. The van der Waals surface area contributed by atoms with E-state index in [0.717, 1.165) is 6.07 Å². The number of hydrogen-bond donors (Lipinski definition) is 1. The van der Waals surface area contributed by atoms with Crippen LogP contribution in [0.25, 0.3) is 0 Å². The summed E-state index contributed by atoms with van der Waals surface area (Å²) in [4.78, 5) is 8.60. The van der Waals surface area contributed by atoms with Gasteiger partial charge < -0.3 is 5.32 Å². The molecule has 21 heavy (non-hydrogen) atoms. The summed E-state index contributed by atoms with van der Waals surface area (Å²) in [7, 11) is 0. The normalized spacial score (nSPS) is 11.0. The topological polar surface area (TPSA) is 37.8 Å². The van der Waals surface area contributed by atoms with Crippen LogP contribution >= 0.6 is 11.6 Å². The van der Waals surface area contributed by atoms with Crippen molar-refractivity contribution >= 4 is 17.4 Å². The van der Waals surface area contributed by atoms with Crippen LogP contribution in [0.3, 0.4) is 0 Å². The second-order valence-corrected chi connectivity index (χ2v) is 5.45. The van der Waals surface area contributed by atoms with Gasteiger partial charge in [0, 0.05) is 29.7 Å². The third kappa shape index (κ3) is 3.67. The maximum absolute atomic E-state index is 13.6. The van der Waals surface area contributed by atoms with E-state index in [9.17, 15) is 8.78 Å². The van der Waals surface area contributed by atoms with E-state index in [1.54, 1.807) is 6.92 Å². The van der Waals surface area contributed by atoms with Crippen molar-refractivity contribution in [3.63, 3.8) is 0 Å². The molecule has 0 aliphatic heterocycles. The number of aromatic nitrogens is 2. The summed E-state index contributed by atoms with van der Waals surface area (Å²) in [6.07, 6.45) is 0. The molecule has 0 spiro atoms. The molecule has 6 heteroatoms. The largest absolute Gasteiger partial charge is 0.366 e. The second-order valence-electron chi connectivity index (χ2n) is 5.09. The summed E-state index contributed by atoms with van der Waals surface area (Å²) in [5.41, 5.74) is 1.06. The molecule has 0 saturated heterocycles. The van der Waals surface area contributed by atoms with Crippen LogP contribution in [0.1, 0.15) is 36.7 Å². The van der Waals surface area contributed by atoms with E-state index < -0.39 is 11.6 Å². The fraction of sp³-hybridized carbons (Fsp3) is 0.333. The summed E-state index contributed by atoms with van der Waals surface area (Å²) in [6, 6.07) is 3.48. The van der Waals surface area contributed by atoms with Gasteiger partial charge in [-0.1, -0.05) is 31.5 Å². The Bertz CT molecular complexity index is 660. The van der Waals surface area contributed by atoms with Crippen molar-refractivity contribution in [2.75, 3.05) is 5.32 Å². The van der Waals surface area contributed by atoms with Gasteiger partial charge in [0.1, 0.15) is 28.4 Å². The van der Waals surface area contributed by atoms with Gasteiger partial charge in [0.05, 0.1) is 0 Å². The van der Waals surface area contributed by atoms with Crippen LogP contribution in [0, 0.1) is 18.6 Å². The van der Waals surface area contributed by atoms with Crippen molar-refractivity contribution in [3.05, 3.63) is 51.9 Å². The molecule has 3 nitrogen and oxygen atoms in total. The van der Waals surface area contributed by atoms with Crippen LogP contribution in [0.4, 0.5) is 14.6 Å². The Morgan fingerprint density at radius 1 is 1.24 bits per heavy atom. The van der Waals surface area contributed by atoms with Crippen LogP contribution in [0.15, 0.2) is 18.2 Å². The average Bonchev–Trinajstić information content (AvgIpc) is 2.41. The number of benzene rings is 1. The van der Waals surface area contributed by atoms with Crippen molar-refractivity contribution in [1.29, 1.82) is 0 Å². The first-order chi connectivity index (χ1) is 9.88. The first-order valence-corrected chi connectivity index (χ1v) is 6.98. The summed E-state index contributed by atoms with van der Waals surface area (Å²) >= 11 is 6.08. The zero-order valence-electron chi connectivity index (χ0n) is 12.0. The van der Waals surface area contributed by atoms with Crippen molar-refractivity contribution < 1.29 is 8.78 Å². The minimum Gasteiger partial charge on any atom is -0.366 e. The van der Waals surface area contributed by atoms with Gasteiger partial charge in [-0.15, -0.1) is 0 Å². The molecule has 0 fully saturated rings. The quantitative estimate of drug-likeness (QED) is 0.848. The predicted molar refractivity (Wildman–Crippen MR) is 79.6 cm³/mol. The molecule has 1 aromatic heterocycles. The van der Waals surface area contributed by atoms with Gasteiger partial charge >= 0.3 is 0 Å². The fourth-order valence-electron chi connectivity index (χ4n) is 1.78. The number of hydrogen-bond acceptors (Lipinski definition) is 3. The molecule has 0 unspecified atom stereocenters. The maximum atomic E-state index is 13.6. The lowest BCUT2D eigenvalue weighted by atomic mass is 10.2. The molecule has 1 heterocycles. The molecule has 1 aromatic carbocycles. The van der Waals surface area contributed by atoms with Crippen LogP contribution in [-0.2, 0) is 6.54 Å². The highest BCUT2D eigenvalue weighted by atomic mass is 35.5. The molecule has 2 rings (SSSR count). The summed E-state index contributed by atoms with van der Waals surface area (Å²) < 4.78 is 26.5. The van der Waals surface area contributed by atoms with Crippen LogP contribution in [-0.4, -0.2) is 9.97 Å². The zero-order chi connectivity index (χ0) is 15.6. The first kappa shape index (κ1) is 15.6. The lowest BCUT2D eigenvalue weighted by molar-refractivity contribution is 0.574. The van der Waals surface area contributed by atoms with Gasteiger partial charge in [-0.25, -0.2) is 18.7 Å². The Labute approximate surface area is 127 Å². The van der Waals surface area contributed by atoms with E-state index in [2.05, 4.69) is 15.3 Å².